The van der Waals surface area contributed by atoms with Crippen molar-refractivity contribution in [3.63, 3.8) is 0 Å². The molecule has 0 unspecified atom stereocenters. The van der Waals surface area contributed by atoms with Crippen LogP contribution in [0.3, 0.4) is 0 Å². The summed E-state index contributed by atoms with van der Waals surface area (Å²) in [5, 5.41) is 3.20. The molecule has 0 N–H and O–H groups in total. The van der Waals surface area contributed by atoms with E-state index in [0.717, 1.165) is 4.70 Å². The van der Waals surface area contributed by atoms with E-state index in [1.807, 2.05) is 11.4 Å². The van der Waals surface area contributed by atoms with Gasteiger partial charge in [-0.25, -0.2) is 0 Å². The number of halogens is 2. The lowest BCUT2D eigenvalue weighted by Crippen LogP contribution is -2.23. The molecular formula is C15H9Cl2NO2S. The van der Waals surface area contributed by atoms with Crippen LogP contribution in [0.4, 0.5) is 0 Å². The predicted octanol–water partition coefficient (Wildman–Crippen LogP) is 4.25. The van der Waals surface area contributed by atoms with Crippen molar-refractivity contribution in [1.82, 2.24) is 4.57 Å². The average Bonchev–Trinajstić information content (AvgIpc) is 2.94. The Balaban J connectivity index is 1.94. The number of aromatic nitrogens is 1. The van der Waals surface area contributed by atoms with Crippen molar-refractivity contribution < 1.29 is 4.79 Å². The molecule has 2 heterocycles. The summed E-state index contributed by atoms with van der Waals surface area (Å²) < 4.78 is 2.32. The topological polar surface area (TPSA) is 39.1 Å². The highest BCUT2D eigenvalue weighted by Gasteiger charge is 2.11. The van der Waals surface area contributed by atoms with Gasteiger partial charge in [-0.2, -0.15) is 0 Å². The molecule has 0 spiro atoms. The fourth-order valence-electron chi connectivity index (χ4n) is 2.05. The highest BCUT2D eigenvalue weighted by Crippen LogP contribution is 2.23. The summed E-state index contributed by atoms with van der Waals surface area (Å²) in [6.45, 7) is -0.0252. The molecule has 6 heteroatoms. The Morgan fingerprint density at radius 1 is 1.14 bits per heavy atom. The molecule has 2 aromatic heterocycles. The van der Waals surface area contributed by atoms with Gasteiger partial charge in [-0.15, -0.1) is 11.3 Å². The van der Waals surface area contributed by atoms with Crippen LogP contribution in [-0.2, 0) is 6.54 Å². The standard InChI is InChI=1S/C15H9Cl2NO2S/c16-11-2-1-9(7-12(11)17)13(19)8-18-5-3-14-10(15(18)20)4-6-21-14/h1-7H,8H2. The number of carbonyl (C=O) groups excluding carboxylic acids is 1. The summed E-state index contributed by atoms with van der Waals surface area (Å²) in [4.78, 5) is 24.5. The smallest absolute Gasteiger partial charge is 0.259 e. The van der Waals surface area contributed by atoms with Gasteiger partial charge in [-0.05, 0) is 35.7 Å². The number of carbonyl (C=O) groups is 1. The van der Waals surface area contributed by atoms with Crippen LogP contribution in [0.2, 0.25) is 10.0 Å². The Morgan fingerprint density at radius 3 is 2.71 bits per heavy atom. The zero-order chi connectivity index (χ0) is 15.0. The molecule has 0 atom stereocenters. The first-order chi connectivity index (χ1) is 10.1. The van der Waals surface area contributed by atoms with Crippen molar-refractivity contribution in [2.75, 3.05) is 0 Å². The maximum absolute atomic E-state index is 12.2. The van der Waals surface area contributed by atoms with Gasteiger partial charge in [-0.1, -0.05) is 23.2 Å². The summed E-state index contributed by atoms with van der Waals surface area (Å²) >= 11 is 13.2. The monoisotopic (exact) mass is 337 g/mol. The highest BCUT2D eigenvalue weighted by molar-refractivity contribution is 7.17. The van der Waals surface area contributed by atoms with Gasteiger partial charge in [0.05, 0.1) is 22.0 Å². The minimum atomic E-state index is -0.190. The molecule has 3 nitrogen and oxygen atoms in total. The maximum atomic E-state index is 12.2. The Morgan fingerprint density at radius 2 is 1.95 bits per heavy atom. The second-order valence-electron chi connectivity index (χ2n) is 4.50. The summed E-state index contributed by atoms with van der Waals surface area (Å²) in [6, 6.07) is 8.29. The summed E-state index contributed by atoms with van der Waals surface area (Å²) in [5.41, 5.74) is 0.267. The molecule has 21 heavy (non-hydrogen) atoms. The van der Waals surface area contributed by atoms with Crippen LogP contribution in [0, 0.1) is 0 Å². The molecule has 0 radical (unpaired) electrons. The predicted molar refractivity (Wildman–Crippen MR) is 86.9 cm³/mol. The molecule has 3 rings (SSSR count). The molecule has 0 aliphatic heterocycles. The van der Waals surface area contributed by atoms with E-state index in [0.29, 0.717) is 21.0 Å². The third-order valence-electron chi connectivity index (χ3n) is 3.15. The first kappa shape index (κ1) is 14.3. The lowest BCUT2D eigenvalue weighted by atomic mass is 10.1. The van der Waals surface area contributed by atoms with Crippen molar-refractivity contribution in [2.45, 2.75) is 6.54 Å². The Hall–Kier alpha value is -1.62. The van der Waals surface area contributed by atoms with Crippen LogP contribution in [0.5, 0.6) is 0 Å². The third kappa shape index (κ3) is 2.75. The van der Waals surface area contributed by atoms with Crippen LogP contribution < -0.4 is 5.56 Å². The lowest BCUT2D eigenvalue weighted by molar-refractivity contribution is 0.0971. The van der Waals surface area contributed by atoms with Crippen LogP contribution in [-0.4, -0.2) is 10.4 Å². The largest absolute Gasteiger partial charge is 0.307 e. The second kappa shape index (κ2) is 5.64. The van der Waals surface area contributed by atoms with Crippen molar-refractivity contribution in [2.24, 2.45) is 0 Å². The quantitative estimate of drug-likeness (QED) is 0.670. The molecule has 0 aliphatic rings. The van der Waals surface area contributed by atoms with Crippen LogP contribution in [0.15, 0.2) is 46.7 Å². The van der Waals surface area contributed by atoms with Crippen molar-refractivity contribution in [1.29, 1.82) is 0 Å². The molecule has 3 aromatic rings. The number of ketones is 1. The third-order valence-corrected chi connectivity index (χ3v) is 4.77. The molecule has 0 bridgehead atoms. The molecule has 0 saturated carbocycles. The number of fused-ring (bicyclic) bond motifs is 1. The Labute approximate surface area is 134 Å². The number of benzene rings is 1. The highest BCUT2D eigenvalue weighted by atomic mass is 35.5. The Bertz CT molecular complexity index is 898. The maximum Gasteiger partial charge on any atom is 0.259 e. The van der Waals surface area contributed by atoms with E-state index in [4.69, 9.17) is 23.2 Å². The van der Waals surface area contributed by atoms with E-state index in [1.165, 1.54) is 22.0 Å². The molecule has 0 saturated heterocycles. The van der Waals surface area contributed by atoms with E-state index in [-0.39, 0.29) is 17.9 Å². The average molecular weight is 338 g/mol. The molecule has 1 aromatic carbocycles. The first-order valence-corrected chi connectivity index (χ1v) is 7.75. The van der Waals surface area contributed by atoms with Gasteiger partial charge in [0.15, 0.2) is 5.78 Å². The number of pyridine rings is 1. The SMILES string of the molecule is O=C(Cn1ccc2sccc2c1=O)c1ccc(Cl)c(Cl)c1. The molecule has 0 amide bonds. The summed E-state index contributed by atoms with van der Waals surface area (Å²) in [5.74, 6) is -0.190. The second-order valence-corrected chi connectivity index (χ2v) is 6.26. The molecule has 106 valence electrons. The minimum absolute atomic E-state index is 0.0252. The minimum Gasteiger partial charge on any atom is -0.307 e. The lowest BCUT2D eigenvalue weighted by Gasteiger charge is -2.06. The number of rotatable bonds is 3. The molecule has 0 aliphatic carbocycles. The van der Waals surface area contributed by atoms with Crippen molar-refractivity contribution in [3.8, 4) is 0 Å². The van der Waals surface area contributed by atoms with Crippen LogP contribution >= 0.6 is 34.5 Å². The van der Waals surface area contributed by atoms with Crippen molar-refractivity contribution in [3.05, 3.63) is 67.9 Å². The van der Waals surface area contributed by atoms with Crippen LogP contribution in [0.25, 0.3) is 10.1 Å². The normalized spacial score (nSPS) is 11.0. The van der Waals surface area contributed by atoms with Gasteiger partial charge < -0.3 is 4.57 Å². The van der Waals surface area contributed by atoms with Gasteiger partial charge in [0.2, 0.25) is 0 Å². The number of thiophene rings is 1. The molecular weight excluding hydrogens is 329 g/mol. The number of nitrogens with zero attached hydrogens (tertiary/aromatic N) is 1. The van der Waals surface area contributed by atoms with Crippen molar-refractivity contribution >= 4 is 50.4 Å². The van der Waals surface area contributed by atoms with Gasteiger partial charge in [0.25, 0.3) is 5.56 Å². The Kier molecular flexibility index (Phi) is 3.85. The van der Waals surface area contributed by atoms with E-state index >= 15 is 0 Å². The van der Waals surface area contributed by atoms with Gasteiger partial charge in [0, 0.05) is 16.5 Å². The number of Topliss-reactive ketones (excluding diaryl/α,β-unsaturated/α-hetero) is 1. The first-order valence-electron chi connectivity index (χ1n) is 6.11. The summed E-state index contributed by atoms with van der Waals surface area (Å²) in [6.07, 6.45) is 1.64. The van der Waals surface area contributed by atoms with Gasteiger partial charge >= 0.3 is 0 Å². The van der Waals surface area contributed by atoms with E-state index in [9.17, 15) is 9.59 Å². The number of hydrogen-bond donors (Lipinski definition) is 0. The van der Waals surface area contributed by atoms with E-state index in [1.54, 1.807) is 24.4 Å². The fourth-order valence-corrected chi connectivity index (χ4v) is 3.12. The summed E-state index contributed by atoms with van der Waals surface area (Å²) in [7, 11) is 0. The fraction of sp³-hybridized carbons (Fsp3) is 0.0667. The zero-order valence-electron chi connectivity index (χ0n) is 10.7. The number of hydrogen-bond acceptors (Lipinski definition) is 3. The van der Waals surface area contributed by atoms with E-state index in [2.05, 4.69) is 0 Å². The zero-order valence-corrected chi connectivity index (χ0v) is 13.0. The van der Waals surface area contributed by atoms with Crippen LogP contribution in [0.1, 0.15) is 10.4 Å². The van der Waals surface area contributed by atoms with Gasteiger partial charge in [0.1, 0.15) is 0 Å². The van der Waals surface area contributed by atoms with Gasteiger partial charge in [-0.3, -0.25) is 9.59 Å². The van der Waals surface area contributed by atoms with E-state index < -0.39 is 0 Å². The molecule has 0 fully saturated rings.